The molecule has 0 aliphatic rings. The molecular weight excluding hydrogens is 144 g/mol. The molecule has 0 radical (unpaired) electrons. The third kappa shape index (κ3) is 3.16. The molecule has 0 nitrogen and oxygen atoms in total. The summed E-state index contributed by atoms with van der Waals surface area (Å²) in [6, 6.07) is 0. The Morgan fingerprint density at radius 3 is 0.833 bits per heavy atom. The van der Waals surface area contributed by atoms with Crippen molar-refractivity contribution in [1.29, 1.82) is 0 Å². The SMILES string of the molecule is CC(C(C)C(C)(C)C)C(C)(C)C. The van der Waals surface area contributed by atoms with Crippen molar-refractivity contribution in [3.05, 3.63) is 0 Å². The van der Waals surface area contributed by atoms with Gasteiger partial charge in [-0.25, -0.2) is 0 Å². The normalized spacial score (nSPS) is 19.0. The van der Waals surface area contributed by atoms with Gasteiger partial charge in [0.05, 0.1) is 0 Å². The van der Waals surface area contributed by atoms with Crippen molar-refractivity contribution in [1.82, 2.24) is 0 Å². The smallest absolute Gasteiger partial charge is 0.0354 e. The third-order valence-electron chi connectivity index (χ3n) is 3.48. The van der Waals surface area contributed by atoms with E-state index in [2.05, 4.69) is 55.4 Å². The average Bonchev–Trinajstić information content (AvgIpc) is 1.80. The Kier molecular flexibility index (Phi) is 3.40. The van der Waals surface area contributed by atoms with Crippen molar-refractivity contribution in [3.63, 3.8) is 0 Å². The van der Waals surface area contributed by atoms with E-state index in [1.165, 1.54) is 0 Å². The maximum Gasteiger partial charge on any atom is -0.0354 e. The largest absolute Gasteiger partial charge is 0.0617 e. The van der Waals surface area contributed by atoms with Crippen LogP contribution in [-0.2, 0) is 0 Å². The Labute approximate surface area is 78.8 Å². The van der Waals surface area contributed by atoms with Gasteiger partial charge in [-0.3, -0.25) is 0 Å². The Balaban J connectivity index is 4.41. The van der Waals surface area contributed by atoms with E-state index >= 15 is 0 Å². The lowest BCUT2D eigenvalue weighted by atomic mass is 9.66. The fourth-order valence-electron chi connectivity index (χ4n) is 1.50. The van der Waals surface area contributed by atoms with E-state index in [1.807, 2.05) is 0 Å². The molecule has 0 aromatic carbocycles. The molecule has 0 N–H and O–H groups in total. The summed E-state index contributed by atoms with van der Waals surface area (Å²) in [4.78, 5) is 0. The minimum absolute atomic E-state index is 0.437. The molecule has 0 fully saturated rings. The Morgan fingerprint density at radius 1 is 0.583 bits per heavy atom. The van der Waals surface area contributed by atoms with E-state index in [9.17, 15) is 0 Å². The molecule has 0 aromatic heterocycles. The van der Waals surface area contributed by atoms with E-state index in [4.69, 9.17) is 0 Å². The zero-order valence-corrected chi connectivity index (χ0v) is 10.2. The molecule has 0 rings (SSSR count). The second-order valence-electron chi connectivity index (χ2n) is 6.31. The zero-order valence-electron chi connectivity index (χ0n) is 10.2. The highest BCUT2D eigenvalue weighted by molar-refractivity contribution is 4.81. The Bertz CT molecular complexity index is 113. The zero-order chi connectivity index (χ0) is 10.2. The van der Waals surface area contributed by atoms with Crippen molar-refractivity contribution >= 4 is 0 Å². The van der Waals surface area contributed by atoms with Crippen LogP contribution in [0.15, 0.2) is 0 Å². The molecule has 0 spiro atoms. The Hall–Kier alpha value is 0. The summed E-state index contributed by atoms with van der Waals surface area (Å²) < 4.78 is 0. The average molecular weight is 170 g/mol. The first-order chi connectivity index (χ1) is 5.07. The fourth-order valence-corrected chi connectivity index (χ4v) is 1.50. The van der Waals surface area contributed by atoms with Crippen LogP contribution in [0.3, 0.4) is 0 Å². The first-order valence-corrected chi connectivity index (χ1v) is 5.07. The first-order valence-electron chi connectivity index (χ1n) is 5.07. The van der Waals surface area contributed by atoms with Crippen LogP contribution in [-0.4, -0.2) is 0 Å². The highest BCUT2D eigenvalue weighted by Gasteiger charge is 2.32. The van der Waals surface area contributed by atoms with Crippen LogP contribution < -0.4 is 0 Å². The van der Waals surface area contributed by atoms with Gasteiger partial charge in [0.15, 0.2) is 0 Å². The van der Waals surface area contributed by atoms with Gasteiger partial charge in [0.2, 0.25) is 0 Å². The van der Waals surface area contributed by atoms with Crippen LogP contribution in [0.1, 0.15) is 55.4 Å². The van der Waals surface area contributed by atoms with Gasteiger partial charge in [-0.15, -0.1) is 0 Å². The topological polar surface area (TPSA) is 0 Å². The molecule has 0 aliphatic heterocycles. The molecule has 2 unspecified atom stereocenters. The fraction of sp³-hybridized carbons (Fsp3) is 1.00. The van der Waals surface area contributed by atoms with Crippen molar-refractivity contribution in [2.45, 2.75) is 55.4 Å². The summed E-state index contributed by atoms with van der Waals surface area (Å²) in [6.07, 6.45) is 0. The van der Waals surface area contributed by atoms with Crippen molar-refractivity contribution in [2.24, 2.45) is 22.7 Å². The number of hydrogen-bond acceptors (Lipinski definition) is 0. The molecular formula is C12H26. The minimum atomic E-state index is 0.437. The second-order valence-corrected chi connectivity index (χ2v) is 6.31. The second kappa shape index (κ2) is 3.40. The van der Waals surface area contributed by atoms with Gasteiger partial charge in [-0.05, 0) is 22.7 Å². The molecule has 0 bridgehead atoms. The summed E-state index contributed by atoms with van der Waals surface area (Å²) >= 11 is 0. The van der Waals surface area contributed by atoms with E-state index < -0.39 is 0 Å². The summed E-state index contributed by atoms with van der Waals surface area (Å²) in [6.45, 7) is 18.7. The summed E-state index contributed by atoms with van der Waals surface area (Å²) in [7, 11) is 0. The molecule has 0 saturated carbocycles. The summed E-state index contributed by atoms with van der Waals surface area (Å²) in [5, 5.41) is 0. The molecule has 2 atom stereocenters. The lowest BCUT2D eigenvalue weighted by molar-refractivity contribution is 0.0992. The Morgan fingerprint density at radius 2 is 0.750 bits per heavy atom. The van der Waals surface area contributed by atoms with Crippen LogP contribution in [0.2, 0.25) is 0 Å². The van der Waals surface area contributed by atoms with Crippen LogP contribution >= 0.6 is 0 Å². The lowest BCUT2D eigenvalue weighted by Gasteiger charge is -2.39. The van der Waals surface area contributed by atoms with E-state index in [0.29, 0.717) is 10.8 Å². The van der Waals surface area contributed by atoms with Crippen molar-refractivity contribution < 1.29 is 0 Å². The molecule has 74 valence electrons. The first kappa shape index (κ1) is 12.0. The standard InChI is InChI=1S/C12H26/c1-9(11(3,4)5)10(2)12(6,7)8/h9-10H,1-8H3. The van der Waals surface area contributed by atoms with Crippen LogP contribution in [0.5, 0.6) is 0 Å². The monoisotopic (exact) mass is 170 g/mol. The molecule has 0 amide bonds. The summed E-state index contributed by atoms with van der Waals surface area (Å²) in [5.41, 5.74) is 0.874. The van der Waals surface area contributed by atoms with Gasteiger partial charge < -0.3 is 0 Å². The maximum atomic E-state index is 2.37. The highest BCUT2D eigenvalue weighted by Crippen LogP contribution is 2.40. The van der Waals surface area contributed by atoms with Gasteiger partial charge in [0.25, 0.3) is 0 Å². The molecule has 0 heterocycles. The van der Waals surface area contributed by atoms with E-state index in [1.54, 1.807) is 0 Å². The quantitative estimate of drug-likeness (QED) is 0.549. The van der Waals surface area contributed by atoms with Crippen LogP contribution in [0.25, 0.3) is 0 Å². The van der Waals surface area contributed by atoms with Gasteiger partial charge >= 0.3 is 0 Å². The van der Waals surface area contributed by atoms with E-state index in [-0.39, 0.29) is 0 Å². The molecule has 0 saturated heterocycles. The van der Waals surface area contributed by atoms with Crippen LogP contribution in [0.4, 0.5) is 0 Å². The molecule has 12 heavy (non-hydrogen) atoms. The highest BCUT2D eigenvalue weighted by atomic mass is 14.4. The third-order valence-corrected chi connectivity index (χ3v) is 3.48. The predicted molar refractivity (Wildman–Crippen MR) is 57.2 cm³/mol. The van der Waals surface area contributed by atoms with E-state index in [0.717, 1.165) is 11.8 Å². The number of rotatable bonds is 1. The summed E-state index contributed by atoms with van der Waals surface area (Å²) in [5.74, 6) is 1.55. The van der Waals surface area contributed by atoms with Gasteiger partial charge in [0.1, 0.15) is 0 Å². The predicted octanol–water partition coefficient (Wildman–Crippen LogP) is 4.35. The van der Waals surface area contributed by atoms with Crippen LogP contribution in [0, 0.1) is 22.7 Å². The number of hydrogen-bond donors (Lipinski definition) is 0. The van der Waals surface area contributed by atoms with Crippen molar-refractivity contribution in [2.75, 3.05) is 0 Å². The van der Waals surface area contributed by atoms with Gasteiger partial charge in [-0.2, -0.15) is 0 Å². The molecule has 0 heteroatoms. The van der Waals surface area contributed by atoms with Crippen molar-refractivity contribution in [3.8, 4) is 0 Å². The maximum absolute atomic E-state index is 2.37. The minimum Gasteiger partial charge on any atom is -0.0617 e. The lowest BCUT2D eigenvalue weighted by Crippen LogP contribution is -2.32. The van der Waals surface area contributed by atoms with Gasteiger partial charge in [-0.1, -0.05) is 55.4 Å². The molecule has 0 aliphatic carbocycles. The molecule has 0 aromatic rings. The van der Waals surface area contributed by atoms with Gasteiger partial charge in [0, 0.05) is 0 Å².